The molecule has 1 aromatic carbocycles. The second-order valence-corrected chi connectivity index (χ2v) is 9.95. The van der Waals surface area contributed by atoms with Crippen molar-refractivity contribution in [2.24, 2.45) is 7.05 Å². The highest BCUT2D eigenvalue weighted by Gasteiger charge is 2.41. The van der Waals surface area contributed by atoms with Crippen LogP contribution in [0.15, 0.2) is 41.6 Å². The fourth-order valence-electron chi connectivity index (χ4n) is 3.53. The van der Waals surface area contributed by atoms with Crippen molar-refractivity contribution in [3.63, 3.8) is 0 Å². The number of carbonyl (C=O) groups is 3. The third-order valence-electron chi connectivity index (χ3n) is 5.32. The van der Waals surface area contributed by atoms with Gasteiger partial charge in [-0.3, -0.25) is 9.48 Å². The number of aromatic nitrogens is 2. The molecule has 2 N–H and O–H groups in total. The fraction of sp³-hybridized carbons (Fsp3) is 0.429. The number of aryl methyl sites for hydroxylation is 1. The fourth-order valence-corrected chi connectivity index (χ4v) is 5.14. The van der Waals surface area contributed by atoms with Crippen LogP contribution in [0.25, 0.3) is 0 Å². The Hall–Kier alpha value is -3.45. The average Bonchev–Trinajstić information content (AvgIpc) is 3.44. The van der Waals surface area contributed by atoms with Crippen molar-refractivity contribution in [2.45, 2.75) is 36.4 Å². The topological polar surface area (TPSA) is 151 Å². The van der Waals surface area contributed by atoms with E-state index < -0.39 is 40.1 Å². The van der Waals surface area contributed by atoms with Crippen molar-refractivity contribution in [1.82, 2.24) is 24.3 Å². The maximum atomic E-state index is 12.9. The molecule has 34 heavy (non-hydrogen) atoms. The Morgan fingerprint density at radius 1 is 1.24 bits per heavy atom. The van der Waals surface area contributed by atoms with E-state index in [1.165, 1.54) is 34.0 Å². The van der Waals surface area contributed by atoms with Crippen LogP contribution in [-0.4, -0.2) is 83.2 Å². The zero-order valence-electron chi connectivity index (χ0n) is 19.0. The van der Waals surface area contributed by atoms with Gasteiger partial charge in [0, 0.05) is 40.3 Å². The number of nitrogens with zero attached hydrogens (tertiary/aromatic N) is 4. The molecule has 1 fully saturated rings. The van der Waals surface area contributed by atoms with Crippen LogP contribution in [0.4, 0.5) is 4.79 Å². The molecule has 0 aliphatic carbocycles. The maximum Gasteiger partial charge on any atom is 0.414 e. The van der Waals surface area contributed by atoms with Gasteiger partial charge in [-0.2, -0.15) is 9.40 Å². The third kappa shape index (κ3) is 5.72. The highest BCUT2D eigenvalue weighted by atomic mass is 32.2. The number of benzene rings is 1. The third-order valence-corrected chi connectivity index (χ3v) is 7.12. The van der Waals surface area contributed by atoms with Crippen molar-refractivity contribution >= 4 is 28.0 Å². The lowest BCUT2D eigenvalue weighted by Gasteiger charge is -2.24. The number of carboxylic acids is 1. The van der Waals surface area contributed by atoms with Crippen LogP contribution >= 0.6 is 0 Å². The molecule has 2 amide bonds. The van der Waals surface area contributed by atoms with Crippen LogP contribution in [0.5, 0.6) is 5.75 Å². The Morgan fingerprint density at radius 3 is 2.47 bits per heavy atom. The lowest BCUT2D eigenvalue weighted by atomic mass is 10.1. The molecule has 1 aromatic heterocycles. The Morgan fingerprint density at radius 2 is 1.91 bits per heavy atom. The molecule has 0 unspecified atom stereocenters. The van der Waals surface area contributed by atoms with Crippen LogP contribution in [-0.2, 0) is 33.1 Å². The van der Waals surface area contributed by atoms with Crippen LogP contribution in [0.1, 0.15) is 18.4 Å². The number of sulfonamides is 1. The first kappa shape index (κ1) is 25.2. The first-order chi connectivity index (χ1) is 16.0. The van der Waals surface area contributed by atoms with Gasteiger partial charge in [0.1, 0.15) is 17.8 Å². The number of carboxylic acid groups (broad SMARTS) is 1. The Labute approximate surface area is 197 Å². The van der Waals surface area contributed by atoms with Crippen LogP contribution in [0.2, 0.25) is 0 Å². The maximum absolute atomic E-state index is 12.9. The highest BCUT2D eigenvalue weighted by molar-refractivity contribution is 7.89. The molecule has 1 saturated heterocycles. The van der Waals surface area contributed by atoms with E-state index in [9.17, 15) is 27.9 Å². The quantitative estimate of drug-likeness (QED) is 0.538. The summed E-state index contributed by atoms with van der Waals surface area (Å²) in [6.45, 7) is 0.141. The predicted octanol–water partition coefficient (Wildman–Crippen LogP) is 0.446. The van der Waals surface area contributed by atoms with Gasteiger partial charge >= 0.3 is 12.1 Å². The molecule has 13 heteroatoms. The minimum absolute atomic E-state index is 0.0390. The van der Waals surface area contributed by atoms with Gasteiger partial charge in [0.2, 0.25) is 5.91 Å². The Kier molecular flexibility index (Phi) is 7.57. The zero-order valence-corrected chi connectivity index (χ0v) is 19.9. The predicted molar refractivity (Wildman–Crippen MR) is 120 cm³/mol. The summed E-state index contributed by atoms with van der Waals surface area (Å²) in [6.07, 6.45) is 1.64. The highest BCUT2D eigenvalue weighted by Crippen LogP contribution is 2.25. The summed E-state index contributed by atoms with van der Waals surface area (Å²) in [4.78, 5) is 37.6. The van der Waals surface area contributed by atoms with E-state index in [1.807, 2.05) is 0 Å². The van der Waals surface area contributed by atoms with Crippen molar-refractivity contribution < 1.29 is 32.6 Å². The number of ether oxygens (including phenoxy) is 1. The lowest BCUT2D eigenvalue weighted by Crippen LogP contribution is -2.51. The molecule has 0 radical (unpaired) electrons. The number of rotatable bonds is 8. The summed E-state index contributed by atoms with van der Waals surface area (Å²) in [7, 11) is 0.678. The summed E-state index contributed by atoms with van der Waals surface area (Å²) in [5.41, 5.74) is 0.585. The van der Waals surface area contributed by atoms with Gasteiger partial charge in [-0.25, -0.2) is 18.0 Å². The molecule has 0 spiro atoms. The number of nitrogens with one attached hydrogen (secondary N) is 1. The minimum atomic E-state index is -4.00. The zero-order chi connectivity index (χ0) is 25.0. The SMILES string of the molecule is CN(C)C(=O)Oc1ccc(C[C@H](NC(=O)[C@@H]2CCCN2S(=O)(=O)c2ccn(C)n2)C(=O)O)cc1. The van der Waals surface area contributed by atoms with Crippen molar-refractivity contribution in [3.05, 3.63) is 42.1 Å². The molecule has 184 valence electrons. The van der Waals surface area contributed by atoms with E-state index in [-0.39, 0.29) is 24.4 Å². The summed E-state index contributed by atoms with van der Waals surface area (Å²) in [5, 5.41) is 15.9. The molecule has 3 rings (SSSR count). The Balaban J connectivity index is 1.69. The van der Waals surface area contributed by atoms with Crippen LogP contribution in [0.3, 0.4) is 0 Å². The molecular formula is C21H27N5O7S. The number of carbonyl (C=O) groups excluding carboxylic acids is 2. The van der Waals surface area contributed by atoms with Crippen LogP contribution in [0, 0.1) is 0 Å². The van der Waals surface area contributed by atoms with Gasteiger partial charge in [0.15, 0.2) is 5.03 Å². The van der Waals surface area contributed by atoms with E-state index >= 15 is 0 Å². The summed E-state index contributed by atoms with van der Waals surface area (Å²) in [6, 6.07) is 5.28. The van der Waals surface area contributed by atoms with E-state index in [4.69, 9.17) is 4.74 Å². The number of hydrogen-bond acceptors (Lipinski definition) is 7. The molecule has 1 aliphatic heterocycles. The number of aliphatic carboxylic acids is 1. The summed E-state index contributed by atoms with van der Waals surface area (Å²) in [5.74, 6) is -1.64. The van der Waals surface area contributed by atoms with Gasteiger partial charge < -0.3 is 20.1 Å². The molecule has 1 aliphatic rings. The van der Waals surface area contributed by atoms with Gasteiger partial charge in [-0.1, -0.05) is 12.1 Å². The first-order valence-electron chi connectivity index (χ1n) is 10.5. The van der Waals surface area contributed by atoms with Crippen molar-refractivity contribution in [1.29, 1.82) is 0 Å². The molecular weight excluding hydrogens is 466 g/mol. The molecule has 2 aromatic rings. The van der Waals surface area contributed by atoms with Gasteiger partial charge in [-0.05, 0) is 36.6 Å². The normalized spacial score (nSPS) is 17.2. The summed E-state index contributed by atoms with van der Waals surface area (Å²) >= 11 is 0. The monoisotopic (exact) mass is 493 g/mol. The van der Waals surface area contributed by atoms with Gasteiger partial charge in [-0.15, -0.1) is 0 Å². The second-order valence-electron chi connectivity index (χ2n) is 8.11. The molecule has 0 saturated carbocycles. The summed E-state index contributed by atoms with van der Waals surface area (Å²) < 4.78 is 33.4. The largest absolute Gasteiger partial charge is 0.480 e. The van der Waals surface area contributed by atoms with Crippen LogP contribution < -0.4 is 10.1 Å². The lowest BCUT2D eigenvalue weighted by molar-refractivity contribution is -0.142. The van der Waals surface area contributed by atoms with Crippen molar-refractivity contribution in [2.75, 3.05) is 20.6 Å². The molecule has 2 heterocycles. The molecule has 0 bridgehead atoms. The van der Waals surface area contributed by atoms with E-state index in [0.29, 0.717) is 17.7 Å². The van der Waals surface area contributed by atoms with Gasteiger partial charge in [0.25, 0.3) is 10.0 Å². The van der Waals surface area contributed by atoms with E-state index in [2.05, 4.69) is 10.4 Å². The van der Waals surface area contributed by atoms with Gasteiger partial charge in [0.05, 0.1) is 0 Å². The number of amides is 2. The first-order valence-corrected chi connectivity index (χ1v) is 12.0. The number of hydrogen-bond donors (Lipinski definition) is 2. The average molecular weight is 494 g/mol. The Bertz CT molecular complexity index is 1160. The van der Waals surface area contributed by atoms with E-state index in [0.717, 1.165) is 4.31 Å². The van der Waals surface area contributed by atoms with Crippen molar-refractivity contribution in [3.8, 4) is 5.75 Å². The van der Waals surface area contributed by atoms with E-state index in [1.54, 1.807) is 33.3 Å². The second kappa shape index (κ2) is 10.2. The molecule has 2 atom stereocenters. The smallest absolute Gasteiger partial charge is 0.414 e. The minimum Gasteiger partial charge on any atom is -0.480 e. The molecule has 12 nitrogen and oxygen atoms in total. The standard InChI is InChI=1S/C21H27N5O7S/c1-24(2)21(30)33-15-8-6-14(7-9-15)13-16(20(28)29)22-19(27)17-5-4-11-26(17)34(31,32)18-10-12-25(3)23-18/h6-10,12,16-17H,4-5,11,13H2,1-3H3,(H,22,27)(H,28,29)/t16-,17-/m0/s1.